The minimum Gasteiger partial charge on any atom is -0.354 e. The Morgan fingerprint density at radius 2 is 2.06 bits per heavy atom. The molecule has 0 bridgehead atoms. The largest absolute Gasteiger partial charge is 0.354 e. The molecule has 3 N–H and O–H groups in total. The lowest BCUT2D eigenvalue weighted by atomic mass is 10.1. The van der Waals surface area contributed by atoms with Gasteiger partial charge >= 0.3 is 0 Å². The van der Waals surface area contributed by atoms with Crippen molar-refractivity contribution in [1.29, 1.82) is 0 Å². The lowest BCUT2D eigenvalue weighted by molar-refractivity contribution is -0.121. The highest BCUT2D eigenvalue weighted by Gasteiger charge is 2.05. The van der Waals surface area contributed by atoms with E-state index >= 15 is 0 Å². The van der Waals surface area contributed by atoms with Gasteiger partial charge in [0.15, 0.2) is 0 Å². The molecule has 3 heteroatoms. The van der Waals surface area contributed by atoms with Crippen molar-refractivity contribution in [2.75, 3.05) is 6.54 Å². The van der Waals surface area contributed by atoms with Gasteiger partial charge in [0.05, 0.1) is 0 Å². The van der Waals surface area contributed by atoms with Gasteiger partial charge < -0.3 is 11.1 Å². The van der Waals surface area contributed by atoms with Crippen molar-refractivity contribution >= 4 is 5.91 Å². The maximum Gasteiger partial charge on any atom is 0.220 e. The summed E-state index contributed by atoms with van der Waals surface area (Å²) in [6.45, 7) is 2.60. The normalized spacial score (nSPS) is 12.1. The van der Waals surface area contributed by atoms with Gasteiger partial charge in [-0.25, -0.2) is 0 Å². The molecular formula is C14H22N2O. The molecular weight excluding hydrogens is 212 g/mol. The third-order valence-electron chi connectivity index (χ3n) is 2.72. The fourth-order valence-corrected chi connectivity index (χ4v) is 1.77. The van der Waals surface area contributed by atoms with Crippen LogP contribution in [0.4, 0.5) is 0 Å². The first-order valence-corrected chi connectivity index (χ1v) is 6.25. The molecule has 1 unspecified atom stereocenters. The van der Waals surface area contributed by atoms with Gasteiger partial charge in [0, 0.05) is 12.5 Å². The maximum atomic E-state index is 11.6. The Kier molecular flexibility index (Phi) is 6.33. The molecule has 1 aromatic rings. The summed E-state index contributed by atoms with van der Waals surface area (Å²) < 4.78 is 0. The second kappa shape index (κ2) is 7.85. The van der Waals surface area contributed by atoms with E-state index in [9.17, 15) is 4.79 Å². The molecule has 0 radical (unpaired) electrons. The first-order valence-electron chi connectivity index (χ1n) is 6.25. The van der Waals surface area contributed by atoms with Gasteiger partial charge in [0.1, 0.15) is 0 Å². The van der Waals surface area contributed by atoms with Crippen LogP contribution in [0.3, 0.4) is 0 Å². The Hall–Kier alpha value is -1.35. The number of carbonyl (C=O) groups is 1. The summed E-state index contributed by atoms with van der Waals surface area (Å²) in [5.74, 6) is 0.127. The number of nitrogens with one attached hydrogen (secondary N) is 1. The zero-order chi connectivity index (χ0) is 12.5. The third kappa shape index (κ3) is 6.07. The summed E-state index contributed by atoms with van der Waals surface area (Å²) in [6, 6.07) is 10.4. The highest BCUT2D eigenvalue weighted by molar-refractivity contribution is 5.76. The lowest BCUT2D eigenvalue weighted by Crippen LogP contribution is -2.33. The summed E-state index contributed by atoms with van der Waals surface area (Å²) in [7, 11) is 0. The summed E-state index contributed by atoms with van der Waals surface area (Å²) in [5.41, 5.74) is 6.72. The molecule has 1 atom stereocenters. The topological polar surface area (TPSA) is 55.1 Å². The fraction of sp³-hybridized carbons (Fsp3) is 0.500. The van der Waals surface area contributed by atoms with Gasteiger partial charge in [-0.15, -0.1) is 0 Å². The summed E-state index contributed by atoms with van der Waals surface area (Å²) in [5, 5.41) is 2.95. The molecule has 0 aliphatic carbocycles. The molecule has 0 heterocycles. The number of carbonyl (C=O) groups excluding carboxylic acids is 1. The van der Waals surface area contributed by atoms with Crippen molar-refractivity contribution in [1.82, 2.24) is 5.32 Å². The fourth-order valence-electron chi connectivity index (χ4n) is 1.77. The summed E-state index contributed by atoms with van der Waals surface area (Å²) in [4.78, 5) is 11.6. The molecule has 1 aromatic carbocycles. The number of hydrogen-bond acceptors (Lipinski definition) is 2. The van der Waals surface area contributed by atoms with Crippen LogP contribution in [-0.2, 0) is 11.2 Å². The van der Waals surface area contributed by atoms with E-state index in [0.29, 0.717) is 13.0 Å². The Balaban J connectivity index is 2.16. The van der Waals surface area contributed by atoms with Crippen molar-refractivity contribution < 1.29 is 4.79 Å². The van der Waals surface area contributed by atoms with Gasteiger partial charge in [-0.3, -0.25) is 4.79 Å². The Morgan fingerprint density at radius 3 is 2.71 bits per heavy atom. The van der Waals surface area contributed by atoms with Gasteiger partial charge in [0.2, 0.25) is 5.91 Å². The molecule has 17 heavy (non-hydrogen) atoms. The number of nitrogens with two attached hydrogens (primary N) is 1. The molecule has 94 valence electrons. The van der Waals surface area contributed by atoms with Crippen LogP contribution in [-0.4, -0.2) is 18.5 Å². The van der Waals surface area contributed by atoms with E-state index in [1.807, 2.05) is 25.1 Å². The highest BCUT2D eigenvalue weighted by Crippen LogP contribution is 2.04. The van der Waals surface area contributed by atoms with Crippen molar-refractivity contribution in [2.45, 2.75) is 38.6 Å². The molecule has 0 saturated carbocycles. The highest BCUT2D eigenvalue weighted by atomic mass is 16.1. The summed E-state index contributed by atoms with van der Waals surface area (Å²) in [6.07, 6.45) is 3.28. The predicted molar refractivity (Wildman–Crippen MR) is 70.7 cm³/mol. The zero-order valence-corrected chi connectivity index (χ0v) is 10.5. The number of amides is 1. The molecule has 0 aliphatic rings. The summed E-state index contributed by atoms with van der Waals surface area (Å²) >= 11 is 0. The zero-order valence-electron chi connectivity index (χ0n) is 10.5. The third-order valence-corrected chi connectivity index (χ3v) is 2.72. The Morgan fingerprint density at radius 1 is 1.35 bits per heavy atom. The van der Waals surface area contributed by atoms with E-state index in [-0.39, 0.29) is 11.9 Å². The molecule has 0 spiro atoms. The van der Waals surface area contributed by atoms with E-state index in [0.717, 1.165) is 19.3 Å². The quantitative estimate of drug-likeness (QED) is 0.756. The Bertz CT molecular complexity index is 324. The van der Waals surface area contributed by atoms with E-state index in [1.165, 1.54) is 5.56 Å². The van der Waals surface area contributed by atoms with Crippen molar-refractivity contribution in [3.63, 3.8) is 0 Å². The average molecular weight is 234 g/mol. The maximum absolute atomic E-state index is 11.6. The van der Waals surface area contributed by atoms with Crippen LogP contribution in [0.15, 0.2) is 30.3 Å². The molecule has 0 fully saturated rings. The van der Waals surface area contributed by atoms with Gasteiger partial charge in [0.25, 0.3) is 0 Å². The standard InChI is InChI=1S/C14H22N2O/c1-12(10-11-15)16-14(17)9-5-8-13-6-3-2-4-7-13/h2-4,6-7,12H,5,8-11,15H2,1H3,(H,16,17). The monoisotopic (exact) mass is 234 g/mol. The Labute approximate surface area is 103 Å². The van der Waals surface area contributed by atoms with Gasteiger partial charge in [-0.1, -0.05) is 30.3 Å². The minimum atomic E-state index is 0.127. The van der Waals surface area contributed by atoms with E-state index in [4.69, 9.17) is 5.73 Å². The van der Waals surface area contributed by atoms with Crippen molar-refractivity contribution in [3.05, 3.63) is 35.9 Å². The molecule has 1 rings (SSSR count). The molecule has 1 amide bonds. The smallest absolute Gasteiger partial charge is 0.220 e. The van der Waals surface area contributed by atoms with Crippen LogP contribution in [0.25, 0.3) is 0 Å². The van der Waals surface area contributed by atoms with E-state index < -0.39 is 0 Å². The van der Waals surface area contributed by atoms with Crippen molar-refractivity contribution in [2.24, 2.45) is 5.73 Å². The molecule has 0 aliphatic heterocycles. The van der Waals surface area contributed by atoms with E-state index in [1.54, 1.807) is 0 Å². The SMILES string of the molecule is CC(CCN)NC(=O)CCCc1ccccc1. The second-order valence-corrected chi connectivity index (χ2v) is 4.39. The van der Waals surface area contributed by atoms with Crippen LogP contribution >= 0.6 is 0 Å². The van der Waals surface area contributed by atoms with Gasteiger partial charge in [-0.05, 0) is 38.3 Å². The first kappa shape index (κ1) is 13.7. The van der Waals surface area contributed by atoms with Crippen LogP contribution in [0, 0.1) is 0 Å². The number of aryl methyl sites for hydroxylation is 1. The number of benzene rings is 1. The average Bonchev–Trinajstić information content (AvgIpc) is 2.30. The van der Waals surface area contributed by atoms with Gasteiger partial charge in [-0.2, -0.15) is 0 Å². The van der Waals surface area contributed by atoms with Crippen LogP contribution in [0.1, 0.15) is 31.7 Å². The minimum absolute atomic E-state index is 0.127. The first-order chi connectivity index (χ1) is 8.22. The van der Waals surface area contributed by atoms with E-state index in [2.05, 4.69) is 17.4 Å². The molecule has 3 nitrogen and oxygen atoms in total. The van der Waals surface area contributed by atoms with Crippen molar-refractivity contribution in [3.8, 4) is 0 Å². The second-order valence-electron chi connectivity index (χ2n) is 4.39. The van der Waals surface area contributed by atoms with Crippen LogP contribution in [0.2, 0.25) is 0 Å². The predicted octanol–water partition coefficient (Wildman–Crippen LogP) is 1.86. The van der Waals surface area contributed by atoms with Crippen LogP contribution < -0.4 is 11.1 Å². The van der Waals surface area contributed by atoms with Crippen LogP contribution in [0.5, 0.6) is 0 Å². The lowest BCUT2D eigenvalue weighted by Gasteiger charge is -2.12. The number of rotatable bonds is 7. The molecule has 0 aromatic heterocycles. The number of hydrogen-bond donors (Lipinski definition) is 2. The molecule has 0 saturated heterocycles.